The molecule has 5 nitrogen and oxygen atoms in total. The molecule has 0 unspecified atom stereocenters. The molecule has 1 amide bonds. The molecular weight excluding hydrogens is 356 g/mol. The number of thioether (sulfide) groups is 1. The molecule has 1 fully saturated rings. The zero-order valence-electron chi connectivity index (χ0n) is 15.3. The SMILES string of the molecule is CCSCCC(=O)N1CCN(S(=O)(=O)c2ccc(C(C)C)cc2)CC1. The zero-order chi connectivity index (χ0) is 18.4. The maximum Gasteiger partial charge on any atom is 0.243 e. The first-order valence-electron chi connectivity index (χ1n) is 8.82. The number of amides is 1. The molecule has 1 aliphatic rings. The molecule has 0 aliphatic carbocycles. The average molecular weight is 385 g/mol. The lowest BCUT2D eigenvalue weighted by Crippen LogP contribution is -2.50. The monoisotopic (exact) mass is 384 g/mol. The van der Waals surface area contributed by atoms with Crippen LogP contribution in [0.15, 0.2) is 29.2 Å². The van der Waals surface area contributed by atoms with E-state index in [1.807, 2.05) is 12.1 Å². The molecule has 25 heavy (non-hydrogen) atoms. The largest absolute Gasteiger partial charge is 0.340 e. The van der Waals surface area contributed by atoms with Gasteiger partial charge in [-0.1, -0.05) is 32.9 Å². The molecular formula is C18H28N2O3S2. The van der Waals surface area contributed by atoms with Gasteiger partial charge in [0.05, 0.1) is 4.90 Å². The highest BCUT2D eigenvalue weighted by Crippen LogP contribution is 2.21. The topological polar surface area (TPSA) is 57.7 Å². The molecule has 0 bridgehead atoms. The molecule has 1 aliphatic heterocycles. The molecule has 140 valence electrons. The number of nitrogens with zero attached hydrogens (tertiary/aromatic N) is 2. The van der Waals surface area contributed by atoms with Crippen LogP contribution in [0, 0.1) is 0 Å². The lowest BCUT2D eigenvalue weighted by Gasteiger charge is -2.34. The Morgan fingerprint density at radius 2 is 1.72 bits per heavy atom. The van der Waals surface area contributed by atoms with Crippen molar-refractivity contribution in [1.29, 1.82) is 0 Å². The Morgan fingerprint density at radius 3 is 2.24 bits per heavy atom. The molecule has 1 aromatic rings. The molecule has 0 N–H and O–H groups in total. The van der Waals surface area contributed by atoms with Gasteiger partial charge in [-0.2, -0.15) is 16.1 Å². The molecule has 0 spiro atoms. The van der Waals surface area contributed by atoms with Crippen molar-refractivity contribution in [3.05, 3.63) is 29.8 Å². The van der Waals surface area contributed by atoms with Gasteiger partial charge in [0.2, 0.25) is 15.9 Å². The van der Waals surface area contributed by atoms with Crippen LogP contribution in [0.2, 0.25) is 0 Å². The van der Waals surface area contributed by atoms with Crippen LogP contribution in [0.4, 0.5) is 0 Å². The van der Waals surface area contributed by atoms with Crippen LogP contribution < -0.4 is 0 Å². The second-order valence-electron chi connectivity index (χ2n) is 6.46. The second-order valence-corrected chi connectivity index (χ2v) is 9.79. The van der Waals surface area contributed by atoms with Gasteiger partial charge < -0.3 is 4.90 Å². The second kappa shape index (κ2) is 9.05. The minimum atomic E-state index is -3.48. The van der Waals surface area contributed by atoms with Crippen molar-refractivity contribution in [3.8, 4) is 0 Å². The van der Waals surface area contributed by atoms with E-state index in [0.717, 1.165) is 17.1 Å². The van der Waals surface area contributed by atoms with Crippen LogP contribution in [-0.4, -0.2) is 61.2 Å². The minimum Gasteiger partial charge on any atom is -0.340 e. The Morgan fingerprint density at radius 1 is 1.12 bits per heavy atom. The van der Waals surface area contributed by atoms with Gasteiger partial charge in [-0.05, 0) is 29.4 Å². The van der Waals surface area contributed by atoms with Gasteiger partial charge in [-0.15, -0.1) is 0 Å². The third-order valence-electron chi connectivity index (χ3n) is 4.44. The number of hydrogen-bond acceptors (Lipinski definition) is 4. The van der Waals surface area contributed by atoms with E-state index in [1.165, 1.54) is 4.31 Å². The standard InChI is InChI=1S/C18H28N2O3S2/c1-4-24-14-9-18(21)19-10-12-20(13-11-19)25(22,23)17-7-5-16(6-8-17)15(2)3/h5-8,15H,4,9-14H2,1-3H3. The Bertz CT molecular complexity index is 664. The number of hydrogen-bond donors (Lipinski definition) is 0. The molecule has 0 saturated carbocycles. The number of carbonyl (C=O) groups is 1. The zero-order valence-corrected chi connectivity index (χ0v) is 16.9. The van der Waals surface area contributed by atoms with E-state index < -0.39 is 10.0 Å². The van der Waals surface area contributed by atoms with Gasteiger partial charge in [0.1, 0.15) is 0 Å². The summed E-state index contributed by atoms with van der Waals surface area (Å²) in [4.78, 5) is 14.3. The van der Waals surface area contributed by atoms with Crippen molar-refractivity contribution in [2.24, 2.45) is 0 Å². The molecule has 0 radical (unpaired) electrons. The van der Waals surface area contributed by atoms with Gasteiger partial charge >= 0.3 is 0 Å². The number of rotatable bonds is 7. The lowest BCUT2D eigenvalue weighted by molar-refractivity contribution is -0.131. The number of sulfonamides is 1. The molecule has 1 saturated heterocycles. The molecule has 0 aromatic heterocycles. The summed E-state index contributed by atoms with van der Waals surface area (Å²) in [6, 6.07) is 7.12. The van der Waals surface area contributed by atoms with Gasteiger partial charge in [0.15, 0.2) is 0 Å². The predicted octanol–water partition coefficient (Wildman–Crippen LogP) is 2.79. The van der Waals surface area contributed by atoms with Crippen molar-refractivity contribution in [2.45, 2.75) is 38.0 Å². The fourth-order valence-electron chi connectivity index (χ4n) is 2.81. The van der Waals surface area contributed by atoms with Crippen LogP contribution in [-0.2, 0) is 14.8 Å². The van der Waals surface area contributed by atoms with E-state index in [-0.39, 0.29) is 5.91 Å². The maximum absolute atomic E-state index is 12.8. The lowest BCUT2D eigenvalue weighted by atomic mass is 10.0. The van der Waals surface area contributed by atoms with Crippen molar-refractivity contribution in [2.75, 3.05) is 37.7 Å². The summed E-state index contributed by atoms with van der Waals surface area (Å²) in [6.45, 7) is 7.91. The predicted molar refractivity (Wildman–Crippen MR) is 103 cm³/mol. The summed E-state index contributed by atoms with van der Waals surface area (Å²) < 4.78 is 27.0. The van der Waals surface area contributed by atoms with Crippen molar-refractivity contribution >= 4 is 27.7 Å². The number of carbonyl (C=O) groups excluding carboxylic acids is 1. The summed E-state index contributed by atoms with van der Waals surface area (Å²) in [6.07, 6.45) is 0.530. The maximum atomic E-state index is 12.8. The van der Waals surface area contributed by atoms with Gasteiger partial charge in [0.25, 0.3) is 0 Å². The molecule has 0 atom stereocenters. The van der Waals surface area contributed by atoms with E-state index in [4.69, 9.17) is 0 Å². The fourth-order valence-corrected chi connectivity index (χ4v) is 4.84. The first kappa shape index (κ1) is 20.3. The Labute approximate surface area is 155 Å². The highest BCUT2D eigenvalue weighted by atomic mass is 32.2. The molecule has 2 rings (SSSR count). The van der Waals surface area contributed by atoms with Gasteiger partial charge in [-0.25, -0.2) is 8.42 Å². The van der Waals surface area contributed by atoms with Gasteiger partial charge in [-0.3, -0.25) is 4.79 Å². The number of benzene rings is 1. The highest BCUT2D eigenvalue weighted by Gasteiger charge is 2.29. The summed E-state index contributed by atoms with van der Waals surface area (Å²) in [5, 5.41) is 0. The third-order valence-corrected chi connectivity index (χ3v) is 7.25. The first-order chi connectivity index (χ1) is 11.9. The van der Waals surface area contributed by atoms with Crippen LogP contribution in [0.3, 0.4) is 0 Å². The Kier molecular flexibility index (Phi) is 7.34. The van der Waals surface area contributed by atoms with E-state index >= 15 is 0 Å². The summed E-state index contributed by atoms with van der Waals surface area (Å²) in [5.74, 6) is 2.33. The van der Waals surface area contributed by atoms with Crippen LogP contribution in [0.5, 0.6) is 0 Å². The van der Waals surface area contributed by atoms with Crippen LogP contribution in [0.1, 0.15) is 38.7 Å². The molecule has 1 heterocycles. The summed E-state index contributed by atoms with van der Waals surface area (Å²) in [5.41, 5.74) is 1.12. The van der Waals surface area contributed by atoms with Crippen LogP contribution >= 0.6 is 11.8 Å². The average Bonchev–Trinajstić information content (AvgIpc) is 2.62. The third kappa shape index (κ3) is 5.21. The number of piperazine rings is 1. The highest BCUT2D eigenvalue weighted by molar-refractivity contribution is 7.99. The van der Waals surface area contributed by atoms with E-state index in [1.54, 1.807) is 28.8 Å². The summed E-state index contributed by atoms with van der Waals surface area (Å²) >= 11 is 1.75. The summed E-state index contributed by atoms with van der Waals surface area (Å²) in [7, 11) is -3.48. The van der Waals surface area contributed by atoms with E-state index in [9.17, 15) is 13.2 Å². The quantitative estimate of drug-likeness (QED) is 0.678. The Hall–Kier alpha value is -1.05. The molecule has 7 heteroatoms. The first-order valence-corrected chi connectivity index (χ1v) is 11.4. The molecule has 1 aromatic carbocycles. The van der Waals surface area contributed by atoms with Crippen LogP contribution in [0.25, 0.3) is 0 Å². The van der Waals surface area contributed by atoms with Crippen molar-refractivity contribution in [1.82, 2.24) is 9.21 Å². The minimum absolute atomic E-state index is 0.124. The van der Waals surface area contributed by atoms with Crippen molar-refractivity contribution in [3.63, 3.8) is 0 Å². The Balaban J connectivity index is 1.95. The van der Waals surface area contributed by atoms with Crippen molar-refractivity contribution < 1.29 is 13.2 Å². The normalized spacial score (nSPS) is 16.4. The smallest absolute Gasteiger partial charge is 0.243 e. The fraction of sp³-hybridized carbons (Fsp3) is 0.611. The van der Waals surface area contributed by atoms with E-state index in [2.05, 4.69) is 20.8 Å². The van der Waals surface area contributed by atoms with Gasteiger partial charge in [0, 0.05) is 38.4 Å². The van der Waals surface area contributed by atoms with E-state index in [0.29, 0.717) is 43.4 Å².